The van der Waals surface area contributed by atoms with E-state index in [2.05, 4.69) is 20.3 Å². The average molecular weight is 279 g/mol. The zero-order chi connectivity index (χ0) is 14.4. The van der Waals surface area contributed by atoms with E-state index in [1.807, 2.05) is 6.07 Å². The monoisotopic (exact) mass is 279 g/mol. The second kappa shape index (κ2) is 7.07. The van der Waals surface area contributed by atoms with Gasteiger partial charge in [0, 0.05) is 24.6 Å². The van der Waals surface area contributed by atoms with E-state index in [1.165, 1.54) is 20.0 Å². The second-order valence-electron chi connectivity index (χ2n) is 5.13. The zero-order valence-electron chi connectivity index (χ0n) is 11.8. The van der Waals surface area contributed by atoms with Crippen LogP contribution in [0.25, 0.3) is 0 Å². The maximum absolute atomic E-state index is 11.8. The number of hydrogen-bond donors (Lipinski definition) is 2. The van der Waals surface area contributed by atoms with Crippen molar-refractivity contribution in [3.8, 4) is 0 Å². The molecule has 110 valence electrons. The normalized spacial score (nSPS) is 14.1. The number of nitrogens with one attached hydrogen (secondary N) is 2. The first kappa shape index (κ1) is 14.6. The third-order valence-corrected chi connectivity index (χ3v) is 3.42. The second-order valence-corrected chi connectivity index (χ2v) is 5.13. The maximum atomic E-state index is 11.8. The largest absolute Gasteiger partial charge is 0.469 e. The molecule has 1 aliphatic rings. The summed E-state index contributed by atoms with van der Waals surface area (Å²) in [6, 6.07) is 1.84. The van der Waals surface area contributed by atoms with Crippen LogP contribution in [0.15, 0.2) is 6.07 Å². The number of aromatic nitrogens is 2. The number of esters is 1. The molecule has 1 saturated carbocycles. The Morgan fingerprint density at radius 1 is 1.40 bits per heavy atom. The van der Waals surface area contributed by atoms with E-state index in [0.717, 1.165) is 25.0 Å². The van der Waals surface area contributed by atoms with Gasteiger partial charge in [0.25, 0.3) is 5.91 Å². The molecule has 0 atom stereocenters. The molecule has 1 heterocycles. The number of rotatable bonds is 8. The Bertz CT molecular complexity index is 466. The summed E-state index contributed by atoms with van der Waals surface area (Å²) < 4.78 is 4.56. The SMILES string of the molecule is COC(=O)CCCCCNC(=O)c1cc(C2CC2)[nH]n1. The van der Waals surface area contributed by atoms with Crippen LogP contribution in [-0.4, -0.2) is 35.7 Å². The Balaban J connectivity index is 1.58. The van der Waals surface area contributed by atoms with Gasteiger partial charge in [-0.2, -0.15) is 5.10 Å². The van der Waals surface area contributed by atoms with Crippen molar-refractivity contribution < 1.29 is 14.3 Å². The minimum atomic E-state index is -0.182. The minimum absolute atomic E-state index is 0.138. The Kier molecular flexibility index (Phi) is 5.15. The molecular formula is C14H21N3O3. The lowest BCUT2D eigenvalue weighted by Crippen LogP contribution is -2.24. The maximum Gasteiger partial charge on any atom is 0.305 e. The predicted molar refractivity (Wildman–Crippen MR) is 73.4 cm³/mol. The fourth-order valence-electron chi connectivity index (χ4n) is 2.02. The van der Waals surface area contributed by atoms with Crippen LogP contribution in [0.1, 0.15) is 60.6 Å². The van der Waals surface area contributed by atoms with Crippen molar-refractivity contribution in [2.45, 2.75) is 44.4 Å². The molecule has 6 nitrogen and oxygen atoms in total. The number of hydrogen-bond acceptors (Lipinski definition) is 4. The average Bonchev–Trinajstić information content (AvgIpc) is 3.19. The smallest absolute Gasteiger partial charge is 0.305 e. The van der Waals surface area contributed by atoms with Gasteiger partial charge in [-0.15, -0.1) is 0 Å². The molecule has 0 bridgehead atoms. The third kappa shape index (κ3) is 4.36. The minimum Gasteiger partial charge on any atom is -0.469 e. The van der Waals surface area contributed by atoms with Crippen LogP contribution < -0.4 is 5.32 Å². The summed E-state index contributed by atoms with van der Waals surface area (Å²) in [5, 5.41) is 9.78. The number of H-pyrrole nitrogens is 1. The molecule has 2 rings (SSSR count). The summed E-state index contributed by atoms with van der Waals surface area (Å²) in [6.45, 7) is 0.603. The quantitative estimate of drug-likeness (QED) is 0.561. The van der Waals surface area contributed by atoms with Crippen molar-refractivity contribution in [2.75, 3.05) is 13.7 Å². The molecule has 6 heteroatoms. The molecule has 0 saturated heterocycles. The molecule has 2 N–H and O–H groups in total. The first-order chi connectivity index (χ1) is 9.70. The Hall–Kier alpha value is -1.85. The Labute approximate surface area is 118 Å². The van der Waals surface area contributed by atoms with E-state index in [1.54, 1.807) is 0 Å². The summed E-state index contributed by atoms with van der Waals surface area (Å²) >= 11 is 0. The molecule has 0 spiro atoms. The van der Waals surface area contributed by atoms with Crippen LogP contribution in [0.4, 0.5) is 0 Å². The van der Waals surface area contributed by atoms with Gasteiger partial charge >= 0.3 is 5.97 Å². The lowest BCUT2D eigenvalue weighted by molar-refractivity contribution is -0.140. The number of amides is 1. The van der Waals surface area contributed by atoms with Crippen LogP contribution in [0.2, 0.25) is 0 Å². The van der Waals surface area contributed by atoms with Crippen molar-refractivity contribution in [1.82, 2.24) is 15.5 Å². The van der Waals surface area contributed by atoms with E-state index < -0.39 is 0 Å². The van der Waals surface area contributed by atoms with Gasteiger partial charge < -0.3 is 10.1 Å². The topological polar surface area (TPSA) is 84.1 Å². The Morgan fingerprint density at radius 2 is 2.20 bits per heavy atom. The first-order valence-corrected chi connectivity index (χ1v) is 7.11. The number of methoxy groups -OCH3 is 1. The molecule has 0 unspecified atom stereocenters. The summed E-state index contributed by atoms with van der Waals surface area (Å²) in [7, 11) is 1.39. The summed E-state index contributed by atoms with van der Waals surface area (Å²) in [5.41, 5.74) is 1.52. The van der Waals surface area contributed by atoms with Gasteiger partial charge in [0.2, 0.25) is 0 Å². The van der Waals surface area contributed by atoms with Crippen LogP contribution in [0.3, 0.4) is 0 Å². The van der Waals surface area contributed by atoms with E-state index in [9.17, 15) is 9.59 Å². The van der Waals surface area contributed by atoms with Crippen LogP contribution >= 0.6 is 0 Å². The van der Waals surface area contributed by atoms with Crippen LogP contribution in [0.5, 0.6) is 0 Å². The number of ether oxygens (including phenoxy) is 1. The molecule has 20 heavy (non-hydrogen) atoms. The number of aromatic amines is 1. The van der Waals surface area contributed by atoms with Gasteiger partial charge in [-0.1, -0.05) is 6.42 Å². The molecule has 1 aliphatic carbocycles. The van der Waals surface area contributed by atoms with Crippen LogP contribution in [-0.2, 0) is 9.53 Å². The van der Waals surface area contributed by atoms with Crippen molar-refractivity contribution in [3.05, 3.63) is 17.5 Å². The number of carbonyl (C=O) groups excluding carboxylic acids is 2. The number of nitrogens with zero attached hydrogens (tertiary/aromatic N) is 1. The molecular weight excluding hydrogens is 258 g/mol. The molecule has 1 amide bonds. The lowest BCUT2D eigenvalue weighted by Gasteiger charge is -2.03. The zero-order valence-corrected chi connectivity index (χ0v) is 11.8. The molecule has 0 aromatic carbocycles. The summed E-state index contributed by atoms with van der Waals surface area (Å²) in [4.78, 5) is 22.7. The molecule has 1 aromatic heterocycles. The van der Waals surface area contributed by atoms with Crippen molar-refractivity contribution in [2.24, 2.45) is 0 Å². The summed E-state index contributed by atoms with van der Waals surface area (Å²) in [6.07, 6.45) is 5.34. The number of carbonyl (C=O) groups is 2. The predicted octanol–water partition coefficient (Wildman–Crippen LogP) is 1.75. The third-order valence-electron chi connectivity index (χ3n) is 3.42. The van der Waals surface area contributed by atoms with Gasteiger partial charge in [0.15, 0.2) is 0 Å². The molecule has 1 aromatic rings. The highest BCUT2D eigenvalue weighted by Crippen LogP contribution is 2.38. The fraction of sp³-hybridized carbons (Fsp3) is 0.643. The first-order valence-electron chi connectivity index (χ1n) is 7.11. The Morgan fingerprint density at radius 3 is 2.90 bits per heavy atom. The highest BCUT2D eigenvalue weighted by Gasteiger charge is 2.26. The van der Waals surface area contributed by atoms with Crippen molar-refractivity contribution in [1.29, 1.82) is 0 Å². The lowest BCUT2D eigenvalue weighted by atomic mass is 10.2. The van der Waals surface area contributed by atoms with Gasteiger partial charge in [0.1, 0.15) is 5.69 Å². The fourth-order valence-corrected chi connectivity index (χ4v) is 2.02. The van der Waals surface area contributed by atoms with E-state index in [-0.39, 0.29) is 11.9 Å². The van der Waals surface area contributed by atoms with Crippen LogP contribution in [0, 0.1) is 0 Å². The van der Waals surface area contributed by atoms with Crippen molar-refractivity contribution in [3.63, 3.8) is 0 Å². The van der Waals surface area contributed by atoms with Gasteiger partial charge in [0.05, 0.1) is 7.11 Å². The van der Waals surface area contributed by atoms with Gasteiger partial charge in [-0.3, -0.25) is 14.7 Å². The molecule has 1 fully saturated rings. The van der Waals surface area contributed by atoms with E-state index in [0.29, 0.717) is 24.6 Å². The van der Waals surface area contributed by atoms with E-state index >= 15 is 0 Å². The highest BCUT2D eigenvalue weighted by molar-refractivity contribution is 5.92. The molecule has 0 radical (unpaired) electrons. The van der Waals surface area contributed by atoms with Gasteiger partial charge in [-0.25, -0.2) is 0 Å². The standard InChI is InChI=1S/C14H21N3O3/c1-20-13(18)5-3-2-4-8-15-14(19)12-9-11(16-17-12)10-6-7-10/h9-10H,2-8H2,1H3,(H,15,19)(H,16,17). The number of unbranched alkanes of at least 4 members (excludes halogenated alkanes) is 2. The molecule has 0 aliphatic heterocycles. The van der Waals surface area contributed by atoms with E-state index in [4.69, 9.17) is 0 Å². The summed E-state index contributed by atoms with van der Waals surface area (Å²) in [5.74, 6) is 0.252. The highest BCUT2D eigenvalue weighted by atomic mass is 16.5. The van der Waals surface area contributed by atoms with Crippen molar-refractivity contribution >= 4 is 11.9 Å². The van der Waals surface area contributed by atoms with Gasteiger partial charge in [-0.05, 0) is 31.7 Å².